The van der Waals surface area contributed by atoms with E-state index in [4.69, 9.17) is 11.2 Å². The molecule has 0 bridgehead atoms. The Balaban J connectivity index is 2.46. The molecule has 5 heteroatoms. The first-order chi connectivity index (χ1) is 8.08. The van der Waals surface area contributed by atoms with E-state index in [9.17, 15) is 13.6 Å². The molecule has 0 heterocycles. The van der Waals surface area contributed by atoms with E-state index in [0.717, 1.165) is 0 Å². The minimum atomic E-state index is -2.66. The number of amides is 1. The Morgan fingerprint density at radius 1 is 1.44 bits per heavy atom. The Morgan fingerprint density at radius 2 is 2.00 bits per heavy atom. The third-order valence-corrected chi connectivity index (χ3v) is 2.75. The van der Waals surface area contributed by atoms with Crippen molar-refractivity contribution in [2.45, 2.75) is 51.6 Å². The van der Waals surface area contributed by atoms with Crippen molar-refractivity contribution in [2.24, 2.45) is 5.41 Å². The third kappa shape index (κ3) is 4.17. The summed E-state index contributed by atoms with van der Waals surface area (Å²) >= 11 is 0. The van der Waals surface area contributed by atoms with Gasteiger partial charge in [-0.2, -0.15) is 0 Å². The zero-order chi connectivity index (χ0) is 14.0. The minimum Gasteiger partial charge on any atom is -0.444 e. The van der Waals surface area contributed by atoms with E-state index in [2.05, 4.69) is 11.2 Å². The molecular formula is C13H19F2NO2. The maximum atomic E-state index is 12.9. The van der Waals surface area contributed by atoms with E-state index >= 15 is 0 Å². The second-order valence-electron chi connectivity index (χ2n) is 5.95. The van der Waals surface area contributed by atoms with Crippen molar-refractivity contribution < 1.29 is 18.3 Å². The molecule has 1 saturated carbocycles. The minimum absolute atomic E-state index is 0.127. The number of ether oxygens (including phenoxy) is 1. The van der Waals surface area contributed by atoms with Gasteiger partial charge in [0.15, 0.2) is 0 Å². The van der Waals surface area contributed by atoms with Gasteiger partial charge < -0.3 is 10.1 Å². The summed E-state index contributed by atoms with van der Waals surface area (Å²) in [5.41, 5.74) is -1.29. The number of alkyl carbamates (subject to hydrolysis) is 1. The fourth-order valence-corrected chi connectivity index (χ4v) is 2.15. The molecule has 0 aliphatic heterocycles. The van der Waals surface area contributed by atoms with E-state index < -0.39 is 23.0 Å². The van der Waals surface area contributed by atoms with Crippen LogP contribution in [-0.2, 0) is 4.74 Å². The van der Waals surface area contributed by atoms with Gasteiger partial charge in [-0.15, -0.1) is 12.3 Å². The van der Waals surface area contributed by atoms with Crippen LogP contribution in [-0.4, -0.2) is 24.2 Å². The maximum Gasteiger partial charge on any atom is 0.407 e. The lowest BCUT2D eigenvalue weighted by Gasteiger charge is -2.46. The van der Waals surface area contributed by atoms with Crippen LogP contribution in [0.5, 0.6) is 0 Å². The van der Waals surface area contributed by atoms with Crippen LogP contribution in [0.2, 0.25) is 0 Å². The quantitative estimate of drug-likeness (QED) is 0.791. The van der Waals surface area contributed by atoms with Gasteiger partial charge in [-0.3, -0.25) is 0 Å². The molecule has 0 saturated heterocycles. The zero-order valence-electron chi connectivity index (χ0n) is 11.0. The van der Waals surface area contributed by atoms with E-state index in [1.807, 2.05) is 0 Å². The number of alkyl halides is 2. The molecule has 102 valence electrons. The number of hydrogen-bond acceptors (Lipinski definition) is 2. The van der Waals surface area contributed by atoms with Crippen LogP contribution in [0.15, 0.2) is 0 Å². The summed E-state index contributed by atoms with van der Waals surface area (Å²) in [6.45, 7) is 5.34. The van der Waals surface area contributed by atoms with Gasteiger partial charge in [0.2, 0.25) is 5.92 Å². The van der Waals surface area contributed by atoms with Crippen LogP contribution in [0, 0.1) is 17.8 Å². The summed E-state index contributed by atoms with van der Waals surface area (Å²) in [6, 6.07) is 0. The molecule has 3 nitrogen and oxygen atoms in total. The van der Waals surface area contributed by atoms with Crippen LogP contribution in [0.1, 0.15) is 40.0 Å². The predicted octanol–water partition coefficient (Wildman–Crippen LogP) is 2.95. The molecule has 1 fully saturated rings. The topological polar surface area (TPSA) is 38.3 Å². The van der Waals surface area contributed by atoms with Crippen molar-refractivity contribution in [3.63, 3.8) is 0 Å². The highest BCUT2D eigenvalue weighted by atomic mass is 19.3. The Bertz CT molecular complexity index is 358. The van der Waals surface area contributed by atoms with Crippen LogP contribution in [0.4, 0.5) is 13.6 Å². The molecule has 1 aliphatic carbocycles. The normalized spacial score (nSPS) is 20.4. The lowest BCUT2D eigenvalue weighted by Crippen LogP contribution is -2.52. The Hall–Kier alpha value is -1.31. The van der Waals surface area contributed by atoms with Gasteiger partial charge in [0.1, 0.15) is 5.60 Å². The smallest absolute Gasteiger partial charge is 0.407 e. The number of hydrogen-bond donors (Lipinski definition) is 1. The third-order valence-electron chi connectivity index (χ3n) is 2.75. The maximum absolute atomic E-state index is 12.9. The fraction of sp³-hybridized carbons (Fsp3) is 0.769. The average molecular weight is 259 g/mol. The van der Waals surface area contributed by atoms with E-state index in [0.29, 0.717) is 0 Å². The zero-order valence-corrected chi connectivity index (χ0v) is 11.0. The van der Waals surface area contributed by atoms with Crippen molar-refractivity contribution in [3.8, 4) is 12.3 Å². The highest BCUT2D eigenvalue weighted by Crippen LogP contribution is 2.53. The van der Waals surface area contributed by atoms with Gasteiger partial charge >= 0.3 is 6.09 Å². The molecule has 1 amide bonds. The number of halogens is 2. The van der Waals surface area contributed by atoms with Crippen LogP contribution in [0.3, 0.4) is 0 Å². The summed E-state index contributed by atoms with van der Waals surface area (Å²) in [7, 11) is 0. The summed E-state index contributed by atoms with van der Waals surface area (Å²) in [6.07, 6.45) is 4.26. The van der Waals surface area contributed by atoms with Crippen molar-refractivity contribution in [2.75, 3.05) is 6.54 Å². The summed E-state index contributed by atoms with van der Waals surface area (Å²) in [4.78, 5) is 11.4. The monoisotopic (exact) mass is 259 g/mol. The van der Waals surface area contributed by atoms with Gasteiger partial charge in [-0.25, -0.2) is 13.6 Å². The number of carbonyl (C=O) groups excluding carboxylic acids is 1. The molecule has 1 rings (SSSR count). The molecule has 0 radical (unpaired) electrons. The number of nitrogens with one attached hydrogen (secondary N) is 1. The van der Waals surface area contributed by atoms with E-state index in [-0.39, 0.29) is 25.8 Å². The largest absolute Gasteiger partial charge is 0.444 e. The number of terminal acetylenes is 1. The summed E-state index contributed by atoms with van der Waals surface area (Å²) < 4.78 is 30.9. The fourth-order valence-electron chi connectivity index (χ4n) is 2.15. The van der Waals surface area contributed by atoms with Crippen molar-refractivity contribution in [1.29, 1.82) is 0 Å². The SMILES string of the molecule is C#CCC1(CNC(=O)OC(C)(C)C)CC(F)(F)C1. The van der Waals surface area contributed by atoms with E-state index in [1.165, 1.54) is 0 Å². The van der Waals surface area contributed by atoms with Crippen molar-refractivity contribution >= 4 is 6.09 Å². The molecular weight excluding hydrogens is 240 g/mol. The van der Waals surface area contributed by atoms with Crippen LogP contribution in [0.25, 0.3) is 0 Å². The van der Waals surface area contributed by atoms with Gasteiger partial charge in [0.05, 0.1) is 0 Å². The Kier molecular flexibility index (Phi) is 3.89. The summed E-state index contributed by atoms with van der Waals surface area (Å²) in [5, 5.41) is 2.51. The first kappa shape index (κ1) is 14.7. The van der Waals surface area contributed by atoms with E-state index in [1.54, 1.807) is 20.8 Å². The van der Waals surface area contributed by atoms with Crippen LogP contribution >= 0.6 is 0 Å². The highest BCUT2D eigenvalue weighted by molar-refractivity contribution is 5.67. The average Bonchev–Trinajstić information content (AvgIpc) is 2.09. The first-order valence-corrected chi connectivity index (χ1v) is 5.86. The molecule has 0 atom stereocenters. The van der Waals surface area contributed by atoms with Crippen LogP contribution < -0.4 is 5.32 Å². The molecule has 0 aromatic heterocycles. The molecule has 1 aliphatic rings. The molecule has 0 aromatic carbocycles. The molecule has 18 heavy (non-hydrogen) atoms. The van der Waals surface area contributed by atoms with Gasteiger partial charge in [-0.05, 0) is 20.8 Å². The first-order valence-electron chi connectivity index (χ1n) is 5.86. The molecule has 1 N–H and O–H groups in total. The van der Waals surface area contributed by atoms with Crippen molar-refractivity contribution in [3.05, 3.63) is 0 Å². The second-order valence-corrected chi connectivity index (χ2v) is 5.95. The predicted molar refractivity (Wildman–Crippen MR) is 64.3 cm³/mol. The number of rotatable bonds is 3. The van der Waals surface area contributed by atoms with Gasteiger partial charge in [0.25, 0.3) is 0 Å². The Morgan fingerprint density at radius 3 is 2.39 bits per heavy atom. The number of carbonyl (C=O) groups is 1. The lowest BCUT2D eigenvalue weighted by atomic mass is 9.64. The second kappa shape index (κ2) is 4.75. The van der Waals surface area contributed by atoms with Gasteiger partial charge in [-0.1, -0.05) is 0 Å². The lowest BCUT2D eigenvalue weighted by molar-refractivity contribution is -0.157. The standard InChI is InChI=1S/C13H19F2NO2/c1-5-6-12(7-13(14,15)8-12)9-16-10(17)18-11(2,3)4/h1H,6-9H2,2-4H3,(H,16,17). The molecule has 0 aromatic rings. The van der Waals surface area contributed by atoms with Gasteiger partial charge in [0, 0.05) is 31.2 Å². The molecule has 0 unspecified atom stereocenters. The summed E-state index contributed by atoms with van der Waals surface area (Å²) in [5.74, 6) is -0.265. The molecule has 0 spiro atoms. The Labute approximate surface area is 106 Å². The highest BCUT2D eigenvalue weighted by Gasteiger charge is 2.55. The van der Waals surface area contributed by atoms with Crippen molar-refractivity contribution in [1.82, 2.24) is 5.32 Å².